The second-order valence-electron chi connectivity index (χ2n) is 5.31. The molecule has 0 bridgehead atoms. The molecule has 1 aliphatic carbocycles. The molecule has 0 spiro atoms. The molecule has 3 rings (SSSR count). The molecule has 1 aliphatic heterocycles. The van der Waals surface area contributed by atoms with Crippen LogP contribution in [0.3, 0.4) is 0 Å². The Hall–Kier alpha value is -1.35. The molecular weight excluding hydrogens is 226 g/mol. The van der Waals surface area contributed by atoms with E-state index >= 15 is 0 Å². The maximum Gasteiger partial charge on any atom is 0.219 e. The van der Waals surface area contributed by atoms with Crippen molar-refractivity contribution in [3.8, 4) is 0 Å². The number of fused-ring (bicyclic) bond motifs is 3. The van der Waals surface area contributed by atoms with Crippen molar-refractivity contribution in [1.82, 2.24) is 4.90 Å². The fourth-order valence-electron chi connectivity index (χ4n) is 3.22. The normalized spacial score (nSPS) is 26.4. The number of hydrogen-bond acceptors (Lipinski definition) is 2. The Labute approximate surface area is 108 Å². The highest BCUT2D eigenvalue weighted by Crippen LogP contribution is 2.38. The van der Waals surface area contributed by atoms with Crippen molar-refractivity contribution in [2.45, 2.75) is 38.8 Å². The third kappa shape index (κ3) is 1.83. The Morgan fingerprint density at radius 2 is 2.28 bits per heavy atom. The van der Waals surface area contributed by atoms with E-state index in [-0.39, 0.29) is 18.1 Å². The quantitative estimate of drug-likeness (QED) is 0.701. The topological polar surface area (TPSA) is 29.5 Å². The van der Waals surface area contributed by atoms with Gasteiger partial charge in [-0.3, -0.25) is 4.79 Å². The minimum atomic E-state index is 0.0753. The van der Waals surface area contributed by atoms with Gasteiger partial charge in [0, 0.05) is 13.5 Å². The molecule has 0 aromatic heterocycles. The van der Waals surface area contributed by atoms with E-state index in [1.54, 1.807) is 6.92 Å². The molecule has 96 valence electrons. The van der Waals surface area contributed by atoms with Crippen LogP contribution in [-0.4, -0.2) is 30.0 Å². The van der Waals surface area contributed by atoms with Crippen LogP contribution in [0.2, 0.25) is 0 Å². The van der Waals surface area contributed by atoms with E-state index in [1.165, 1.54) is 16.7 Å². The van der Waals surface area contributed by atoms with Gasteiger partial charge in [0.05, 0.1) is 12.6 Å². The Bertz CT molecular complexity index is 483. The fourth-order valence-corrected chi connectivity index (χ4v) is 3.22. The van der Waals surface area contributed by atoms with Crippen LogP contribution in [0.4, 0.5) is 0 Å². The molecule has 2 aliphatic rings. The Balaban J connectivity index is 1.98. The van der Waals surface area contributed by atoms with E-state index in [4.69, 9.17) is 4.74 Å². The first-order valence-electron chi connectivity index (χ1n) is 6.65. The second-order valence-corrected chi connectivity index (χ2v) is 5.31. The lowest BCUT2D eigenvalue weighted by Gasteiger charge is -2.44. The Morgan fingerprint density at radius 3 is 3.06 bits per heavy atom. The first-order valence-corrected chi connectivity index (χ1v) is 6.65. The monoisotopic (exact) mass is 245 g/mol. The number of carbonyl (C=O) groups is 1. The van der Waals surface area contributed by atoms with Crippen LogP contribution in [0.1, 0.15) is 36.1 Å². The summed E-state index contributed by atoms with van der Waals surface area (Å²) in [6, 6.07) is 6.81. The van der Waals surface area contributed by atoms with Crippen LogP contribution in [0.25, 0.3) is 0 Å². The first-order chi connectivity index (χ1) is 8.66. The summed E-state index contributed by atoms with van der Waals surface area (Å²) in [6.07, 6.45) is 2.14. The maximum atomic E-state index is 11.7. The van der Waals surface area contributed by atoms with Gasteiger partial charge in [-0.05, 0) is 30.9 Å². The molecule has 1 aromatic rings. The average molecular weight is 245 g/mol. The minimum absolute atomic E-state index is 0.0753. The molecule has 1 amide bonds. The molecule has 1 heterocycles. The van der Waals surface area contributed by atoms with Gasteiger partial charge in [0.25, 0.3) is 0 Å². The highest BCUT2D eigenvalue weighted by atomic mass is 16.5. The van der Waals surface area contributed by atoms with Crippen molar-refractivity contribution in [1.29, 1.82) is 0 Å². The maximum absolute atomic E-state index is 11.7. The molecule has 3 nitrogen and oxygen atoms in total. The number of ether oxygens (including phenoxy) is 1. The fraction of sp³-hybridized carbons (Fsp3) is 0.533. The highest BCUT2D eigenvalue weighted by Gasteiger charge is 2.38. The molecular formula is C15H19NO2. The van der Waals surface area contributed by atoms with Gasteiger partial charge < -0.3 is 9.64 Å². The van der Waals surface area contributed by atoms with Gasteiger partial charge in [0.1, 0.15) is 6.10 Å². The third-order valence-electron chi connectivity index (χ3n) is 4.10. The Morgan fingerprint density at radius 1 is 1.44 bits per heavy atom. The zero-order valence-electron chi connectivity index (χ0n) is 11.0. The number of nitrogens with zero attached hydrogens (tertiary/aromatic N) is 1. The van der Waals surface area contributed by atoms with Gasteiger partial charge in [-0.2, -0.15) is 0 Å². The van der Waals surface area contributed by atoms with Gasteiger partial charge in [0.15, 0.2) is 0 Å². The van der Waals surface area contributed by atoms with Crippen molar-refractivity contribution in [2.75, 3.05) is 13.2 Å². The Kier molecular flexibility index (Phi) is 2.86. The van der Waals surface area contributed by atoms with Crippen LogP contribution in [-0.2, 0) is 16.0 Å². The van der Waals surface area contributed by atoms with Gasteiger partial charge in [0.2, 0.25) is 5.91 Å². The summed E-state index contributed by atoms with van der Waals surface area (Å²) >= 11 is 0. The van der Waals surface area contributed by atoms with Crippen LogP contribution >= 0.6 is 0 Å². The summed E-state index contributed by atoms with van der Waals surface area (Å²) in [5.74, 6) is 0.171. The summed E-state index contributed by atoms with van der Waals surface area (Å²) < 4.78 is 5.95. The van der Waals surface area contributed by atoms with Crippen molar-refractivity contribution in [3.63, 3.8) is 0 Å². The SMILES string of the molecule is CC(=O)N1CCO[C@@H]2c3cc(C)ccc3CC[C@H]21. The number of aryl methyl sites for hydroxylation is 2. The lowest BCUT2D eigenvalue weighted by Crippen LogP contribution is -2.51. The summed E-state index contributed by atoms with van der Waals surface area (Å²) in [7, 11) is 0. The molecule has 1 saturated heterocycles. The number of morpholine rings is 1. The highest BCUT2D eigenvalue weighted by molar-refractivity contribution is 5.74. The molecule has 1 aromatic carbocycles. The summed E-state index contributed by atoms with van der Waals surface area (Å²) in [4.78, 5) is 13.7. The largest absolute Gasteiger partial charge is 0.370 e. The molecule has 0 saturated carbocycles. The van der Waals surface area contributed by atoms with Crippen LogP contribution in [0, 0.1) is 6.92 Å². The molecule has 1 fully saturated rings. The van der Waals surface area contributed by atoms with Gasteiger partial charge in [-0.1, -0.05) is 23.8 Å². The molecule has 3 heteroatoms. The zero-order valence-corrected chi connectivity index (χ0v) is 11.0. The smallest absolute Gasteiger partial charge is 0.219 e. The number of benzene rings is 1. The summed E-state index contributed by atoms with van der Waals surface area (Å²) in [6.45, 7) is 5.15. The van der Waals surface area contributed by atoms with Gasteiger partial charge in [-0.15, -0.1) is 0 Å². The third-order valence-corrected chi connectivity index (χ3v) is 4.10. The number of carbonyl (C=O) groups excluding carboxylic acids is 1. The van der Waals surface area contributed by atoms with Crippen molar-refractivity contribution < 1.29 is 9.53 Å². The second kappa shape index (κ2) is 4.39. The predicted molar refractivity (Wildman–Crippen MR) is 69.4 cm³/mol. The van der Waals surface area contributed by atoms with E-state index in [1.807, 2.05) is 4.90 Å². The molecule has 0 unspecified atom stereocenters. The number of hydrogen-bond donors (Lipinski definition) is 0. The molecule has 2 atom stereocenters. The number of amides is 1. The van der Waals surface area contributed by atoms with Crippen molar-refractivity contribution >= 4 is 5.91 Å². The van der Waals surface area contributed by atoms with E-state index in [9.17, 15) is 4.79 Å². The predicted octanol–water partition coefficient (Wildman–Crippen LogP) is 2.23. The van der Waals surface area contributed by atoms with E-state index in [0.29, 0.717) is 6.61 Å². The molecule has 0 N–H and O–H groups in total. The van der Waals surface area contributed by atoms with Crippen LogP contribution in [0.5, 0.6) is 0 Å². The minimum Gasteiger partial charge on any atom is -0.370 e. The lowest BCUT2D eigenvalue weighted by molar-refractivity contribution is -0.145. The van der Waals surface area contributed by atoms with Gasteiger partial charge in [-0.25, -0.2) is 0 Å². The average Bonchev–Trinajstić information content (AvgIpc) is 2.37. The van der Waals surface area contributed by atoms with Crippen molar-refractivity contribution in [3.05, 3.63) is 34.9 Å². The first kappa shape index (κ1) is 11.7. The lowest BCUT2D eigenvalue weighted by atomic mass is 9.83. The number of rotatable bonds is 0. The van der Waals surface area contributed by atoms with E-state index < -0.39 is 0 Å². The standard InChI is InChI=1S/C15H19NO2/c1-10-3-4-12-5-6-14-15(13(12)9-10)18-8-7-16(14)11(2)17/h3-4,9,14-15H,5-8H2,1-2H3/t14-,15-/m1/s1. The van der Waals surface area contributed by atoms with Gasteiger partial charge >= 0.3 is 0 Å². The van der Waals surface area contributed by atoms with E-state index in [0.717, 1.165) is 19.4 Å². The van der Waals surface area contributed by atoms with Crippen LogP contribution in [0.15, 0.2) is 18.2 Å². The van der Waals surface area contributed by atoms with Crippen molar-refractivity contribution in [2.24, 2.45) is 0 Å². The summed E-state index contributed by atoms with van der Waals surface area (Å²) in [5.41, 5.74) is 3.93. The zero-order chi connectivity index (χ0) is 12.7. The molecule has 0 radical (unpaired) electrons. The summed E-state index contributed by atoms with van der Waals surface area (Å²) in [5, 5.41) is 0. The molecule has 18 heavy (non-hydrogen) atoms. The van der Waals surface area contributed by atoms with Crippen LogP contribution < -0.4 is 0 Å². The van der Waals surface area contributed by atoms with E-state index in [2.05, 4.69) is 25.1 Å².